The number of carbonyl (C=O) groups excluding carboxylic acids is 2. The molecule has 0 bridgehead atoms. The topological polar surface area (TPSA) is 76.7 Å². The first-order chi connectivity index (χ1) is 11.9. The predicted octanol–water partition coefficient (Wildman–Crippen LogP) is 4.97. The third kappa shape index (κ3) is 14.4. The maximum absolute atomic E-state index is 11.8. The van der Waals surface area contributed by atoms with Gasteiger partial charge in [0.2, 0.25) is 0 Å². The van der Waals surface area contributed by atoms with Gasteiger partial charge in [-0.05, 0) is 54.4 Å². The first-order valence-electron chi connectivity index (χ1n) is 9.09. The van der Waals surface area contributed by atoms with Gasteiger partial charge in [0.05, 0.1) is 0 Å². The molecule has 0 unspecified atom stereocenters. The fourth-order valence-corrected chi connectivity index (χ4v) is 4.45. The van der Waals surface area contributed by atoms with Crippen molar-refractivity contribution in [3.05, 3.63) is 0 Å². The third-order valence-electron chi connectivity index (χ3n) is 3.05. The summed E-state index contributed by atoms with van der Waals surface area (Å²) in [7, 11) is 3.37. The van der Waals surface area contributed by atoms with Crippen LogP contribution >= 0.6 is 21.6 Å². The average molecular weight is 409 g/mol. The highest BCUT2D eigenvalue weighted by Gasteiger charge is 2.20. The standard InChI is InChI=1S/C18H36N2O4S2/c1-9-13(19-15(21)23-17(3,4)5)11-25-26-12-14(10-2)20-16(22)24-18(6,7)8/h13-14H,9-12H2,1-8H3,(H,19,21)(H,20,22)/t13-,14-/m0/s1. The van der Waals surface area contributed by atoms with E-state index in [1.165, 1.54) is 0 Å². The van der Waals surface area contributed by atoms with Gasteiger partial charge >= 0.3 is 12.2 Å². The van der Waals surface area contributed by atoms with Gasteiger partial charge in [-0.1, -0.05) is 35.4 Å². The van der Waals surface area contributed by atoms with E-state index in [1.54, 1.807) is 21.6 Å². The molecule has 0 aromatic heterocycles. The highest BCUT2D eigenvalue weighted by atomic mass is 33.1. The molecule has 2 atom stereocenters. The second kappa shape index (κ2) is 11.8. The van der Waals surface area contributed by atoms with Crippen molar-refractivity contribution in [1.82, 2.24) is 10.6 Å². The minimum absolute atomic E-state index is 0.0567. The summed E-state index contributed by atoms with van der Waals surface area (Å²) in [5.41, 5.74) is -0.988. The van der Waals surface area contributed by atoms with Crippen LogP contribution in [0, 0.1) is 0 Å². The molecule has 2 N–H and O–H groups in total. The number of carbonyl (C=O) groups is 2. The summed E-state index contributed by atoms with van der Waals surface area (Å²) in [6.45, 7) is 15.2. The van der Waals surface area contributed by atoms with Gasteiger partial charge in [-0.25, -0.2) is 9.59 Å². The lowest BCUT2D eigenvalue weighted by Gasteiger charge is -2.24. The van der Waals surface area contributed by atoms with Gasteiger partial charge in [0.15, 0.2) is 0 Å². The number of amides is 2. The van der Waals surface area contributed by atoms with Crippen molar-refractivity contribution in [3.63, 3.8) is 0 Å². The number of ether oxygens (including phenoxy) is 2. The first-order valence-corrected chi connectivity index (χ1v) is 11.6. The Morgan fingerprint density at radius 2 is 1.08 bits per heavy atom. The van der Waals surface area contributed by atoms with Crippen molar-refractivity contribution in [2.75, 3.05) is 11.5 Å². The zero-order chi connectivity index (χ0) is 20.4. The van der Waals surface area contributed by atoms with E-state index in [0.29, 0.717) is 0 Å². The van der Waals surface area contributed by atoms with E-state index >= 15 is 0 Å². The third-order valence-corrected chi connectivity index (χ3v) is 5.61. The number of hydrogen-bond acceptors (Lipinski definition) is 6. The molecule has 26 heavy (non-hydrogen) atoms. The van der Waals surface area contributed by atoms with Crippen molar-refractivity contribution in [2.24, 2.45) is 0 Å². The summed E-state index contributed by atoms with van der Waals surface area (Å²) in [5.74, 6) is 1.56. The van der Waals surface area contributed by atoms with Crippen molar-refractivity contribution in [1.29, 1.82) is 0 Å². The lowest BCUT2D eigenvalue weighted by molar-refractivity contribution is 0.0496. The number of alkyl carbamates (subject to hydrolysis) is 2. The molecule has 0 rings (SSSR count). The Balaban J connectivity index is 4.15. The molecule has 0 saturated carbocycles. The van der Waals surface area contributed by atoms with Gasteiger partial charge in [-0.2, -0.15) is 0 Å². The largest absolute Gasteiger partial charge is 0.444 e. The first kappa shape index (κ1) is 25.2. The van der Waals surface area contributed by atoms with Gasteiger partial charge in [0.25, 0.3) is 0 Å². The summed E-state index contributed by atoms with van der Waals surface area (Å²) in [6.07, 6.45) is 0.904. The average Bonchev–Trinajstić information content (AvgIpc) is 2.45. The van der Waals surface area contributed by atoms with Crippen molar-refractivity contribution in [3.8, 4) is 0 Å². The maximum Gasteiger partial charge on any atom is 0.407 e. The van der Waals surface area contributed by atoms with E-state index in [4.69, 9.17) is 9.47 Å². The van der Waals surface area contributed by atoms with Crippen molar-refractivity contribution in [2.45, 2.75) is 91.5 Å². The van der Waals surface area contributed by atoms with E-state index in [-0.39, 0.29) is 24.3 Å². The van der Waals surface area contributed by atoms with E-state index in [1.807, 2.05) is 55.4 Å². The Labute approximate surface area is 166 Å². The molecule has 0 aliphatic carbocycles. The van der Waals surface area contributed by atoms with Crippen LogP contribution in [0.25, 0.3) is 0 Å². The Morgan fingerprint density at radius 3 is 1.31 bits per heavy atom. The maximum atomic E-state index is 11.8. The van der Waals surface area contributed by atoms with Gasteiger partial charge in [-0.3, -0.25) is 0 Å². The Kier molecular flexibility index (Phi) is 11.5. The fourth-order valence-electron chi connectivity index (χ4n) is 1.73. The van der Waals surface area contributed by atoms with Crippen LogP contribution in [0.3, 0.4) is 0 Å². The number of hydrogen-bond donors (Lipinski definition) is 2. The predicted molar refractivity (Wildman–Crippen MR) is 112 cm³/mol. The minimum atomic E-state index is -0.494. The molecule has 0 aromatic rings. The Hall–Kier alpha value is -0.760. The van der Waals surface area contributed by atoms with E-state index in [0.717, 1.165) is 24.3 Å². The monoisotopic (exact) mass is 408 g/mol. The lowest BCUT2D eigenvalue weighted by Crippen LogP contribution is -2.40. The van der Waals surface area contributed by atoms with E-state index in [9.17, 15) is 9.59 Å². The highest BCUT2D eigenvalue weighted by Crippen LogP contribution is 2.24. The normalized spacial score (nSPS) is 14.3. The van der Waals surface area contributed by atoms with Gasteiger partial charge in [0.1, 0.15) is 11.2 Å². The van der Waals surface area contributed by atoms with Crippen LogP contribution in [0.15, 0.2) is 0 Å². The quantitative estimate of drug-likeness (QED) is 0.414. The SMILES string of the molecule is CC[C@@H](CSSC[C@H](CC)NC(=O)OC(C)(C)C)NC(=O)OC(C)(C)C. The summed E-state index contributed by atoms with van der Waals surface area (Å²) in [6, 6.07) is 0.113. The van der Waals surface area contributed by atoms with Crippen LogP contribution in [0.1, 0.15) is 68.2 Å². The molecule has 0 aliphatic rings. The molecule has 0 fully saturated rings. The van der Waals surface area contributed by atoms with Crippen LogP contribution in [0.2, 0.25) is 0 Å². The summed E-state index contributed by atoms with van der Waals surface area (Å²) >= 11 is 0. The summed E-state index contributed by atoms with van der Waals surface area (Å²) < 4.78 is 10.6. The van der Waals surface area contributed by atoms with Crippen molar-refractivity contribution >= 4 is 33.8 Å². The lowest BCUT2D eigenvalue weighted by atomic mass is 10.2. The van der Waals surface area contributed by atoms with Gasteiger partial charge in [0, 0.05) is 23.6 Å². The van der Waals surface area contributed by atoms with E-state index < -0.39 is 11.2 Å². The molecule has 8 heteroatoms. The molecule has 6 nitrogen and oxygen atoms in total. The van der Waals surface area contributed by atoms with Crippen LogP contribution < -0.4 is 10.6 Å². The molecule has 0 saturated heterocycles. The molecular formula is C18H36N2O4S2. The number of rotatable bonds is 9. The van der Waals surface area contributed by atoms with Crippen molar-refractivity contribution < 1.29 is 19.1 Å². The van der Waals surface area contributed by atoms with Crippen LogP contribution in [0.5, 0.6) is 0 Å². The van der Waals surface area contributed by atoms with E-state index in [2.05, 4.69) is 10.6 Å². The molecule has 0 heterocycles. The smallest absolute Gasteiger partial charge is 0.407 e. The molecule has 2 amide bonds. The Bertz CT molecular complexity index is 394. The summed E-state index contributed by atoms with van der Waals surface area (Å²) in [5, 5.41) is 5.80. The minimum Gasteiger partial charge on any atom is -0.444 e. The molecule has 0 radical (unpaired) electrons. The second-order valence-electron chi connectivity index (χ2n) is 8.07. The molecule has 154 valence electrons. The molecule has 0 spiro atoms. The zero-order valence-electron chi connectivity index (χ0n) is 17.4. The van der Waals surface area contributed by atoms with Gasteiger partial charge < -0.3 is 20.1 Å². The fraction of sp³-hybridized carbons (Fsp3) is 0.889. The zero-order valence-corrected chi connectivity index (χ0v) is 19.1. The van der Waals surface area contributed by atoms with Gasteiger partial charge in [-0.15, -0.1) is 0 Å². The van der Waals surface area contributed by atoms with Crippen LogP contribution in [0.4, 0.5) is 9.59 Å². The second-order valence-corrected chi connectivity index (χ2v) is 10.6. The van der Waals surface area contributed by atoms with Crippen LogP contribution in [-0.2, 0) is 9.47 Å². The molecule has 0 aliphatic heterocycles. The number of nitrogens with one attached hydrogen (secondary N) is 2. The Morgan fingerprint density at radius 1 is 0.769 bits per heavy atom. The molecule has 0 aromatic carbocycles. The van der Waals surface area contributed by atoms with Crippen LogP contribution in [-0.4, -0.2) is 47.0 Å². The molecular weight excluding hydrogens is 372 g/mol. The summed E-state index contributed by atoms with van der Waals surface area (Å²) in [4.78, 5) is 23.7. The highest BCUT2D eigenvalue weighted by molar-refractivity contribution is 8.76.